The minimum absolute atomic E-state index is 0.0104. The van der Waals surface area contributed by atoms with Crippen molar-refractivity contribution in [2.45, 2.75) is 26.2 Å². The van der Waals surface area contributed by atoms with E-state index in [4.69, 9.17) is 0 Å². The summed E-state index contributed by atoms with van der Waals surface area (Å²) in [6.45, 7) is 4.45. The van der Waals surface area contributed by atoms with Crippen LogP contribution in [0, 0.1) is 5.92 Å². The van der Waals surface area contributed by atoms with Gasteiger partial charge >= 0.3 is 0 Å². The molecule has 0 saturated carbocycles. The first-order chi connectivity index (χ1) is 10.2. The molecule has 0 spiro atoms. The van der Waals surface area contributed by atoms with Crippen LogP contribution >= 0.6 is 0 Å². The minimum atomic E-state index is 0.0104. The van der Waals surface area contributed by atoms with Crippen LogP contribution in [0.15, 0.2) is 54.7 Å². The van der Waals surface area contributed by atoms with E-state index >= 15 is 0 Å². The first-order valence-electron chi connectivity index (χ1n) is 7.39. The Hall–Kier alpha value is -2.16. The summed E-state index contributed by atoms with van der Waals surface area (Å²) in [5, 5.41) is 3.03. The van der Waals surface area contributed by atoms with E-state index in [1.54, 1.807) is 0 Å². The Bertz CT molecular complexity index is 552. The molecular formula is C18H22N2O. The van der Waals surface area contributed by atoms with Crippen LogP contribution in [-0.4, -0.2) is 17.4 Å². The Morgan fingerprint density at radius 3 is 2.43 bits per heavy atom. The topological polar surface area (TPSA) is 42.0 Å². The van der Waals surface area contributed by atoms with Gasteiger partial charge in [0.2, 0.25) is 5.91 Å². The zero-order valence-electron chi connectivity index (χ0n) is 12.6. The van der Waals surface area contributed by atoms with Gasteiger partial charge in [-0.05, 0) is 24.1 Å². The van der Waals surface area contributed by atoms with Crippen LogP contribution in [0.5, 0.6) is 0 Å². The average molecular weight is 282 g/mol. The maximum Gasteiger partial charge on any atom is 0.222 e. The molecule has 3 nitrogen and oxygen atoms in total. The molecule has 0 radical (unpaired) electrons. The molecule has 0 aliphatic carbocycles. The van der Waals surface area contributed by atoms with Crippen molar-refractivity contribution in [3.63, 3.8) is 0 Å². The van der Waals surface area contributed by atoms with Gasteiger partial charge in [0.1, 0.15) is 0 Å². The van der Waals surface area contributed by atoms with Crippen molar-refractivity contribution in [3.05, 3.63) is 66.0 Å². The van der Waals surface area contributed by atoms with Crippen molar-refractivity contribution in [2.24, 2.45) is 5.92 Å². The van der Waals surface area contributed by atoms with Crippen molar-refractivity contribution in [1.82, 2.24) is 10.3 Å². The molecular weight excluding hydrogens is 260 g/mol. The summed E-state index contributed by atoms with van der Waals surface area (Å²) < 4.78 is 0. The average Bonchev–Trinajstić information content (AvgIpc) is 2.52. The molecule has 0 saturated heterocycles. The number of carbonyl (C=O) groups excluding carboxylic acids is 1. The van der Waals surface area contributed by atoms with E-state index < -0.39 is 0 Å². The predicted octanol–water partition coefficient (Wildman–Crippen LogP) is 3.18. The van der Waals surface area contributed by atoms with Crippen molar-refractivity contribution in [3.8, 4) is 0 Å². The van der Waals surface area contributed by atoms with E-state index in [0.717, 1.165) is 12.1 Å². The number of hydrogen-bond donors (Lipinski definition) is 1. The molecule has 1 amide bonds. The number of amides is 1. The molecule has 0 fully saturated rings. The van der Waals surface area contributed by atoms with Crippen molar-refractivity contribution >= 4 is 5.91 Å². The van der Waals surface area contributed by atoms with E-state index in [9.17, 15) is 4.79 Å². The Morgan fingerprint density at radius 1 is 1.10 bits per heavy atom. The van der Waals surface area contributed by atoms with Gasteiger partial charge in [-0.1, -0.05) is 50.2 Å². The summed E-state index contributed by atoms with van der Waals surface area (Å²) >= 11 is 0. The van der Waals surface area contributed by atoms with Gasteiger partial charge in [0.05, 0.1) is 0 Å². The highest BCUT2D eigenvalue weighted by atomic mass is 16.1. The lowest BCUT2D eigenvalue weighted by Crippen LogP contribution is -2.32. The fourth-order valence-electron chi connectivity index (χ4n) is 2.23. The predicted molar refractivity (Wildman–Crippen MR) is 85.0 cm³/mol. The minimum Gasteiger partial charge on any atom is -0.355 e. The summed E-state index contributed by atoms with van der Waals surface area (Å²) in [7, 11) is 0. The second kappa shape index (κ2) is 7.58. The van der Waals surface area contributed by atoms with Crippen LogP contribution in [0.4, 0.5) is 0 Å². The van der Waals surface area contributed by atoms with E-state index in [0.29, 0.717) is 6.54 Å². The SMILES string of the molecule is CC(C)C(=O)NCC(Cc1ccccn1)c1ccccc1. The van der Waals surface area contributed by atoms with Gasteiger partial charge in [-0.15, -0.1) is 0 Å². The van der Waals surface area contributed by atoms with Crippen LogP contribution in [-0.2, 0) is 11.2 Å². The quantitative estimate of drug-likeness (QED) is 0.884. The first-order valence-corrected chi connectivity index (χ1v) is 7.39. The molecule has 2 rings (SSSR count). The van der Waals surface area contributed by atoms with E-state index in [-0.39, 0.29) is 17.7 Å². The van der Waals surface area contributed by atoms with Crippen LogP contribution in [0.2, 0.25) is 0 Å². The molecule has 1 aromatic heterocycles. The van der Waals surface area contributed by atoms with Gasteiger partial charge in [0.15, 0.2) is 0 Å². The molecule has 1 N–H and O–H groups in total. The zero-order valence-corrected chi connectivity index (χ0v) is 12.6. The van der Waals surface area contributed by atoms with Gasteiger partial charge in [-0.3, -0.25) is 9.78 Å². The van der Waals surface area contributed by atoms with Crippen molar-refractivity contribution < 1.29 is 4.79 Å². The van der Waals surface area contributed by atoms with Crippen molar-refractivity contribution in [2.75, 3.05) is 6.54 Å². The Labute approximate surface area is 126 Å². The molecule has 0 aliphatic rings. The Morgan fingerprint density at radius 2 is 1.81 bits per heavy atom. The van der Waals surface area contributed by atoms with Crippen LogP contribution < -0.4 is 5.32 Å². The number of benzene rings is 1. The number of rotatable bonds is 6. The third-order valence-electron chi connectivity index (χ3n) is 3.50. The van der Waals surface area contributed by atoms with Crippen molar-refractivity contribution in [1.29, 1.82) is 0 Å². The highest BCUT2D eigenvalue weighted by Crippen LogP contribution is 2.19. The van der Waals surface area contributed by atoms with Crippen LogP contribution in [0.1, 0.15) is 31.0 Å². The lowest BCUT2D eigenvalue weighted by molar-refractivity contribution is -0.124. The molecule has 110 valence electrons. The fourth-order valence-corrected chi connectivity index (χ4v) is 2.23. The summed E-state index contributed by atoms with van der Waals surface area (Å²) in [5.74, 6) is 0.344. The fraction of sp³-hybridized carbons (Fsp3) is 0.333. The second-order valence-electron chi connectivity index (χ2n) is 5.53. The molecule has 0 bridgehead atoms. The lowest BCUT2D eigenvalue weighted by Gasteiger charge is -2.18. The van der Waals surface area contributed by atoms with Gasteiger partial charge in [0.25, 0.3) is 0 Å². The molecule has 0 aliphatic heterocycles. The third-order valence-corrected chi connectivity index (χ3v) is 3.50. The summed E-state index contributed by atoms with van der Waals surface area (Å²) in [6.07, 6.45) is 2.63. The number of nitrogens with one attached hydrogen (secondary N) is 1. The molecule has 1 heterocycles. The molecule has 3 heteroatoms. The summed E-state index contributed by atoms with van der Waals surface area (Å²) in [6, 6.07) is 16.2. The van der Waals surface area contributed by atoms with E-state index in [2.05, 4.69) is 22.4 Å². The van der Waals surface area contributed by atoms with Crippen LogP contribution in [0.3, 0.4) is 0 Å². The Kier molecular flexibility index (Phi) is 5.50. The highest BCUT2D eigenvalue weighted by molar-refractivity contribution is 5.77. The number of aromatic nitrogens is 1. The number of nitrogens with zero attached hydrogens (tertiary/aromatic N) is 1. The Balaban J connectivity index is 2.09. The third kappa shape index (κ3) is 4.71. The smallest absolute Gasteiger partial charge is 0.222 e. The molecule has 1 unspecified atom stereocenters. The molecule has 2 aromatic rings. The van der Waals surface area contributed by atoms with Crippen LogP contribution in [0.25, 0.3) is 0 Å². The largest absolute Gasteiger partial charge is 0.355 e. The molecule has 21 heavy (non-hydrogen) atoms. The normalized spacial score (nSPS) is 12.1. The maximum atomic E-state index is 11.8. The standard InChI is InChI=1S/C18H22N2O/c1-14(2)18(21)20-13-16(15-8-4-3-5-9-15)12-17-10-6-7-11-19-17/h3-11,14,16H,12-13H2,1-2H3,(H,20,21). The first kappa shape index (κ1) is 15.2. The van der Waals surface area contributed by atoms with Gasteiger partial charge in [-0.25, -0.2) is 0 Å². The monoisotopic (exact) mass is 282 g/mol. The molecule has 1 aromatic carbocycles. The van der Waals surface area contributed by atoms with Gasteiger partial charge in [-0.2, -0.15) is 0 Å². The summed E-state index contributed by atoms with van der Waals surface area (Å²) in [5.41, 5.74) is 2.28. The van der Waals surface area contributed by atoms with Gasteiger partial charge in [0, 0.05) is 30.3 Å². The number of hydrogen-bond acceptors (Lipinski definition) is 2. The maximum absolute atomic E-state index is 11.8. The zero-order chi connectivity index (χ0) is 15.1. The second-order valence-corrected chi connectivity index (χ2v) is 5.53. The molecule has 1 atom stereocenters. The highest BCUT2D eigenvalue weighted by Gasteiger charge is 2.15. The van der Waals surface area contributed by atoms with E-state index in [1.165, 1.54) is 5.56 Å². The lowest BCUT2D eigenvalue weighted by atomic mass is 9.93. The van der Waals surface area contributed by atoms with Gasteiger partial charge < -0.3 is 5.32 Å². The van der Waals surface area contributed by atoms with E-state index in [1.807, 2.05) is 56.4 Å². The number of pyridine rings is 1. The summed E-state index contributed by atoms with van der Waals surface area (Å²) in [4.78, 5) is 16.2. The number of carbonyl (C=O) groups is 1.